The third kappa shape index (κ3) is 2.53. The number of nitrogens with zero attached hydrogens (tertiary/aromatic N) is 2. The lowest BCUT2D eigenvalue weighted by Gasteiger charge is -2.29. The first-order valence-electron chi connectivity index (χ1n) is 5.80. The lowest BCUT2D eigenvalue weighted by molar-refractivity contribution is 0.316. The normalized spacial score (nSPS) is 21.4. The summed E-state index contributed by atoms with van der Waals surface area (Å²) in [7, 11) is -3.53. The maximum absolute atomic E-state index is 12.4. The monoisotopic (exact) mass is 265 g/mol. The first-order valence-corrected chi connectivity index (χ1v) is 7.24. The third-order valence-electron chi connectivity index (χ3n) is 3.02. The largest absolute Gasteiger partial charge is 0.327 e. The molecule has 1 aliphatic rings. The summed E-state index contributed by atoms with van der Waals surface area (Å²) in [6, 6.07) is 7.91. The number of hydrogen-bond donors (Lipinski definition) is 1. The van der Waals surface area contributed by atoms with Gasteiger partial charge in [-0.25, -0.2) is 8.42 Å². The standard InChI is InChI=1S/C12H15N3O2S/c13-8-10-3-1-5-12(7-10)18(16,17)15-6-2-4-11(14)9-15/h1,3,5,7,11H,2,4,6,9,14H2/t11-/m1/s1. The van der Waals surface area contributed by atoms with Crippen LogP contribution in [0.3, 0.4) is 0 Å². The van der Waals surface area contributed by atoms with Gasteiger partial charge in [-0.1, -0.05) is 6.07 Å². The zero-order valence-corrected chi connectivity index (χ0v) is 10.7. The Morgan fingerprint density at radius 2 is 2.22 bits per heavy atom. The second-order valence-corrected chi connectivity index (χ2v) is 6.34. The summed E-state index contributed by atoms with van der Waals surface area (Å²) in [5.41, 5.74) is 6.14. The highest BCUT2D eigenvalue weighted by Crippen LogP contribution is 2.20. The predicted octanol–water partition coefficient (Wildman–Crippen LogP) is 0.670. The van der Waals surface area contributed by atoms with Crippen molar-refractivity contribution >= 4 is 10.0 Å². The molecule has 1 fully saturated rings. The second-order valence-electron chi connectivity index (χ2n) is 4.40. The van der Waals surface area contributed by atoms with Gasteiger partial charge in [0.05, 0.1) is 16.5 Å². The maximum Gasteiger partial charge on any atom is 0.243 e. The average molecular weight is 265 g/mol. The van der Waals surface area contributed by atoms with Gasteiger partial charge >= 0.3 is 0 Å². The van der Waals surface area contributed by atoms with Crippen LogP contribution in [0.25, 0.3) is 0 Å². The SMILES string of the molecule is N#Cc1cccc(S(=O)(=O)N2CCC[C@@H](N)C2)c1. The van der Waals surface area contributed by atoms with E-state index in [1.807, 2.05) is 6.07 Å². The van der Waals surface area contributed by atoms with E-state index >= 15 is 0 Å². The van der Waals surface area contributed by atoms with Crippen LogP contribution < -0.4 is 5.73 Å². The Hall–Kier alpha value is -1.42. The van der Waals surface area contributed by atoms with E-state index in [-0.39, 0.29) is 10.9 Å². The van der Waals surface area contributed by atoms with Gasteiger partial charge < -0.3 is 5.73 Å². The Labute approximate surface area is 107 Å². The lowest BCUT2D eigenvalue weighted by Crippen LogP contribution is -2.45. The fraction of sp³-hybridized carbons (Fsp3) is 0.417. The van der Waals surface area contributed by atoms with Crippen LogP contribution in [0, 0.1) is 11.3 Å². The first kappa shape index (κ1) is 13.0. The van der Waals surface area contributed by atoms with Gasteiger partial charge in [0.25, 0.3) is 0 Å². The fourth-order valence-electron chi connectivity index (χ4n) is 2.07. The van der Waals surface area contributed by atoms with Crippen molar-refractivity contribution in [1.29, 1.82) is 5.26 Å². The van der Waals surface area contributed by atoms with E-state index in [0.717, 1.165) is 12.8 Å². The quantitative estimate of drug-likeness (QED) is 0.851. The summed E-state index contributed by atoms with van der Waals surface area (Å²) in [6.07, 6.45) is 1.63. The molecule has 1 aromatic carbocycles. The van der Waals surface area contributed by atoms with Crippen LogP contribution in [-0.2, 0) is 10.0 Å². The number of piperidine rings is 1. The molecule has 0 spiro atoms. The van der Waals surface area contributed by atoms with Gasteiger partial charge in [-0.3, -0.25) is 0 Å². The van der Waals surface area contributed by atoms with E-state index in [4.69, 9.17) is 11.0 Å². The minimum atomic E-state index is -3.53. The highest BCUT2D eigenvalue weighted by atomic mass is 32.2. The highest BCUT2D eigenvalue weighted by molar-refractivity contribution is 7.89. The van der Waals surface area contributed by atoms with Crippen molar-refractivity contribution < 1.29 is 8.42 Å². The van der Waals surface area contributed by atoms with Gasteiger partial charge in [-0.05, 0) is 31.0 Å². The molecule has 0 aromatic heterocycles. The molecule has 18 heavy (non-hydrogen) atoms. The van der Waals surface area contributed by atoms with Crippen molar-refractivity contribution in [2.24, 2.45) is 5.73 Å². The number of benzene rings is 1. The van der Waals surface area contributed by atoms with Crippen LogP contribution in [0.1, 0.15) is 18.4 Å². The van der Waals surface area contributed by atoms with Crippen LogP contribution in [0.4, 0.5) is 0 Å². The summed E-state index contributed by atoms with van der Waals surface area (Å²) < 4.78 is 26.1. The van der Waals surface area contributed by atoms with E-state index < -0.39 is 10.0 Å². The van der Waals surface area contributed by atoms with Crippen molar-refractivity contribution in [2.45, 2.75) is 23.8 Å². The van der Waals surface area contributed by atoms with Crippen LogP contribution in [0.15, 0.2) is 29.2 Å². The molecule has 0 bridgehead atoms. The number of rotatable bonds is 2. The van der Waals surface area contributed by atoms with Crippen molar-refractivity contribution in [1.82, 2.24) is 4.31 Å². The topological polar surface area (TPSA) is 87.2 Å². The molecule has 0 unspecified atom stereocenters. The molecule has 1 atom stereocenters. The van der Waals surface area contributed by atoms with E-state index in [2.05, 4.69) is 0 Å². The molecule has 2 N–H and O–H groups in total. The summed E-state index contributed by atoms with van der Waals surface area (Å²) in [4.78, 5) is 0.163. The maximum atomic E-state index is 12.4. The molecule has 6 heteroatoms. The van der Waals surface area contributed by atoms with Gasteiger partial charge in [-0.2, -0.15) is 9.57 Å². The summed E-state index contributed by atoms with van der Waals surface area (Å²) in [6.45, 7) is 0.839. The molecule has 1 heterocycles. The van der Waals surface area contributed by atoms with Gasteiger partial charge in [0.15, 0.2) is 0 Å². The second kappa shape index (κ2) is 5.06. The molecule has 1 saturated heterocycles. The predicted molar refractivity (Wildman–Crippen MR) is 67.1 cm³/mol. The molecule has 0 amide bonds. The Bertz CT molecular complexity index is 577. The number of nitriles is 1. The minimum absolute atomic E-state index is 0.104. The Kier molecular flexibility index (Phi) is 3.66. The van der Waals surface area contributed by atoms with Gasteiger partial charge in [0, 0.05) is 19.1 Å². The molecule has 0 aliphatic carbocycles. The van der Waals surface area contributed by atoms with Crippen molar-refractivity contribution in [3.8, 4) is 6.07 Å². The number of sulfonamides is 1. The first-order chi connectivity index (χ1) is 8.54. The van der Waals surface area contributed by atoms with Crippen LogP contribution >= 0.6 is 0 Å². The molecule has 1 aliphatic heterocycles. The summed E-state index contributed by atoms with van der Waals surface area (Å²) in [5.74, 6) is 0. The van der Waals surface area contributed by atoms with Crippen LogP contribution in [-0.4, -0.2) is 31.9 Å². The Morgan fingerprint density at radius 3 is 2.89 bits per heavy atom. The smallest absolute Gasteiger partial charge is 0.243 e. The molecule has 0 saturated carbocycles. The lowest BCUT2D eigenvalue weighted by atomic mass is 10.1. The van der Waals surface area contributed by atoms with E-state index in [1.54, 1.807) is 12.1 Å². The molecular weight excluding hydrogens is 250 g/mol. The van der Waals surface area contributed by atoms with Crippen molar-refractivity contribution in [3.63, 3.8) is 0 Å². The van der Waals surface area contributed by atoms with Gasteiger partial charge in [0.1, 0.15) is 0 Å². The Balaban J connectivity index is 2.33. The third-order valence-corrected chi connectivity index (χ3v) is 4.88. The number of nitrogens with two attached hydrogens (primary N) is 1. The Morgan fingerprint density at radius 1 is 1.44 bits per heavy atom. The van der Waals surface area contributed by atoms with Gasteiger partial charge in [0.2, 0.25) is 10.0 Å². The summed E-state index contributed by atoms with van der Waals surface area (Å²) >= 11 is 0. The highest BCUT2D eigenvalue weighted by Gasteiger charge is 2.28. The van der Waals surface area contributed by atoms with Crippen LogP contribution in [0.5, 0.6) is 0 Å². The molecule has 0 radical (unpaired) electrons. The van der Waals surface area contributed by atoms with E-state index in [0.29, 0.717) is 18.7 Å². The molecule has 2 rings (SSSR count). The van der Waals surface area contributed by atoms with Crippen molar-refractivity contribution in [3.05, 3.63) is 29.8 Å². The molecule has 1 aromatic rings. The molecule has 96 valence electrons. The molecule has 5 nitrogen and oxygen atoms in total. The summed E-state index contributed by atoms with van der Waals surface area (Å²) in [5, 5.41) is 8.80. The zero-order chi connectivity index (χ0) is 13.2. The zero-order valence-electron chi connectivity index (χ0n) is 9.91. The van der Waals surface area contributed by atoms with Crippen molar-refractivity contribution in [2.75, 3.05) is 13.1 Å². The fourth-order valence-corrected chi connectivity index (χ4v) is 3.65. The van der Waals surface area contributed by atoms with Gasteiger partial charge in [-0.15, -0.1) is 0 Å². The van der Waals surface area contributed by atoms with E-state index in [1.165, 1.54) is 16.4 Å². The molecular formula is C12H15N3O2S. The van der Waals surface area contributed by atoms with Crippen LogP contribution in [0.2, 0.25) is 0 Å². The minimum Gasteiger partial charge on any atom is -0.327 e. The number of hydrogen-bond acceptors (Lipinski definition) is 4. The average Bonchev–Trinajstić information content (AvgIpc) is 2.39. The van der Waals surface area contributed by atoms with E-state index in [9.17, 15) is 8.42 Å².